The summed E-state index contributed by atoms with van der Waals surface area (Å²) in [5.74, 6) is -1.17. The Bertz CT molecular complexity index is 2330. The third-order valence-electron chi connectivity index (χ3n) is 7.81. The van der Waals surface area contributed by atoms with Crippen molar-refractivity contribution in [3.63, 3.8) is 0 Å². The van der Waals surface area contributed by atoms with Crippen LogP contribution in [-0.4, -0.2) is 49.7 Å². The van der Waals surface area contributed by atoms with E-state index in [0.29, 0.717) is 38.7 Å². The molecule has 46 heavy (non-hydrogen) atoms. The fourth-order valence-corrected chi connectivity index (χ4v) is 5.84. The largest absolute Gasteiger partial charge is 0.455 e. The summed E-state index contributed by atoms with van der Waals surface area (Å²) >= 11 is 0. The lowest BCUT2D eigenvalue weighted by molar-refractivity contribution is 0.0964. The van der Waals surface area contributed by atoms with Gasteiger partial charge in [0.1, 0.15) is 28.5 Å². The minimum atomic E-state index is -3.79. The molecule has 2 heterocycles. The predicted octanol–water partition coefficient (Wildman–Crippen LogP) is 5.26. The molecule has 0 radical (unpaired) electrons. The van der Waals surface area contributed by atoms with E-state index in [1.807, 2.05) is 0 Å². The lowest BCUT2D eigenvalue weighted by atomic mass is 9.94. The Hall–Kier alpha value is -5.43. The zero-order valence-electron chi connectivity index (χ0n) is 25.1. The predicted molar refractivity (Wildman–Crippen MR) is 171 cm³/mol. The number of hydrogen-bond acceptors (Lipinski definition) is 7. The number of nitrogens with one attached hydrogen (secondary N) is 1. The van der Waals surface area contributed by atoms with Crippen molar-refractivity contribution >= 4 is 43.5 Å². The molecule has 0 saturated carbocycles. The van der Waals surface area contributed by atoms with Gasteiger partial charge in [-0.15, -0.1) is 5.10 Å². The zero-order valence-corrected chi connectivity index (χ0v) is 25.9. The summed E-state index contributed by atoms with van der Waals surface area (Å²) in [5.41, 5.74) is 3.14. The second-order valence-corrected chi connectivity index (χ2v) is 12.9. The van der Waals surface area contributed by atoms with Gasteiger partial charge >= 0.3 is 0 Å². The number of hydrogen-bond donors (Lipinski definition) is 1. The van der Waals surface area contributed by atoms with Gasteiger partial charge in [-0.1, -0.05) is 17.3 Å². The molecule has 0 bridgehead atoms. The highest BCUT2D eigenvalue weighted by atomic mass is 32.2. The van der Waals surface area contributed by atoms with E-state index in [2.05, 4.69) is 15.6 Å². The van der Waals surface area contributed by atoms with Crippen LogP contribution in [0.4, 0.5) is 14.5 Å². The van der Waals surface area contributed by atoms with Crippen molar-refractivity contribution in [2.75, 3.05) is 24.7 Å². The number of benzene rings is 4. The van der Waals surface area contributed by atoms with Gasteiger partial charge in [-0.25, -0.2) is 21.9 Å². The Morgan fingerprint density at radius 3 is 2.22 bits per heavy atom. The van der Waals surface area contributed by atoms with Crippen LogP contribution < -0.4 is 15.2 Å². The third-order valence-corrected chi connectivity index (χ3v) is 9.00. The van der Waals surface area contributed by atoms with Crippen molar-refractivity contribution in [1.29, 1.82) is 0 Å². The lowest BCUT2D eigenvalue weighted by Crippen LogP contribution is -2.26. The molecule has 6 rings (SSSR count). The van der Waals surface area contributed by atoms with Gasteiger partial charge in [0.2, 0.25) is 10.0 Å². The van der Waals surface area contributed by atoms with E-state index in [0.717, 1.165) is 15.2 Å². The molecule has 1 amide bonds. The van der Waals surface area contributed by atoms with Crippen molar-refractivity contribution in [2.24, 2.45) is 0 Å². The number of fused-ring (bicyclic) bond motifs is 2. The summed E-state index contributed by atoms with van der Waals surface area (Å²) < 4.78 is 61.2. The molecule has 0 aliphatic heterocycles. The highest BCUT2D eigenvalue weighted by Gasteiger charge is 2.27. The minimum absolute atomic E-state index is 0.0515. The van der Waals surface area contributed by atoms with Crippen LogP contribution >= 0.6 is 0 Å². The molecular weight excluding hydrogens is 616 g/mol. The van der Waals surface area contributed by atoms with Gasteiger partial charge in [-0.05, 0) is 78.2 Å². The van der Waals surface area contributed by atoms with Crippen LogP contribution in [0, 0.1) is 18.6 Å². The van der Waals surface area contributed by atoms with Crippen LogP contribution in [0.2, 0.25) is 0 Å². The Balaban J connectivity index is 1.62. The maximum Gasteiger partial charge on any atom is 0.277 e. The number of amides is 1. The van der Waals surface area contributed by atoms with E-state index in [1.165, 1.54) is 56.6 Å². The summed E-state index contributed by atoms with van der Waals surface area (Å²) in [6.45, 7) is 1.84. The van der Waals surface area contributed by atoms with Gasteiger partial charge in [0.15, 0.2) is 0 Å². The number of furan rings is 1. The Kier molecular flexibility index (Phi) is 7.64. The molecule has 0 aliphatic rings. The first-order valence-corrected chi connectivity index (χ1v) is 15.9. The highest BCUT2D eigenvalue weighted by Crippen LogP contribution is 2.42. The van der Waals surface area contributed by atoms with Gasteiger partial charge in [0.05, 0.1) is 29.4 Å². The van der Waals surface area contributed by atoms with E-state index >= 15 is 0 Å². The van der Waals surface area contributed by atoms with Gasteiger partial charge in [0, 0.05) is 36.7 Å². The van der Waals surface area contributed by atoms with Crippen molar-refractivity contribution in [3.05, 3.63) is 111 Å². The molecule has 4 aromatic carbocycles. The average Bonchev–Trinajstić information content (AvgIpc) is 3.40. The number of anilines is 1. The smallest absolute Gasteiger partial charge is 0.277 e. The van der Waals surface area contributed by atoms with Gasteiger partial charge < -0.3 is 9.73 Å². The van der Waals surface area contributed by atoms with E-state index in [-0.39, 0.29) is 34.5 Å². The maximum atomic E-state index is 13.7. The molecule has 6 aromatic rings. The maximum absolute atomic E-state index is 13.7. The molecule has 0 atom stereocenters. The van der Waals surface area contributed by atoms with E-state index < -0.39 is 33.1 Å². The molecule has 0 saturated heterocycles. The number of halogens is 2. The van der Waals surface area contributed by atoms with Gasteiger partial charge in [0.25, 0.3) is 11.5 Å². The monoisotopic (exact) mass is 643 g/mol. The first-order valence-electron chi connectivity index (χ1n) is 14.0. The topological polar surface area (TPSA) is 127 Å². The minimum Gasteiger partial charge on any atom is -0.455 e. The number of sulfonamides is 1. The number of rotatable bonds is 7. The van der Waals surface area contributed by atoms with E-state index in [1.54, 1.807) is 37.3 Å². The first-order chi connectivity index (χ1) is 21.8. The molecule has 234 valence electrons. The highest BCUT2D eigenvalue weighted by molar-refractivity contribution is 7.92. The molecule has 1 N–H and O–H groups in total. The first kappa shape index (κ1) is 30.6. The number of aryl methyl sites for hydroxylation is 1. The van der Waals surface area contributed by atoms with Crippen molar-refractivity contribution in [1.82, 2.24) is 20.3 Å². The summed E-state index contributed by atoms with van der Waals surface area (Å²) in [4.78, 5) is 26.9. The average molecular weight is 644 g/mol. The molecule has 0 aliphatic carbocycles. The molecule has 0 unspecified atom stereocenters. The second-order valence-electron chi connectivity index (χ2n) is 10.9. The number of carbonyl (C=O) groups excluding carboxylic acids is 1. The van der Waals surface area contributed by atoms with Crippen LogP contribution in [0.3, 0.4) is 0 Å². The van der Waals surface area contributed by atoms with E-state index in [4.69, 9.17) is 4.42 Å². The molecular formula is C33H27F2N5O5S. The summed E-state index contributed by atoms with van der Waals surface area (Å²) in [5, 5.41) is 11.5. The van der Waals surface area contributed by atoms with Crippen molar-refractivity contribution < 1.29 is 26.4 Å². The number of aromatic nitrogens is 3. The molecule has 0 spiro atoms. The normalized spacial score (nSPS) is 11.7. The number of nitrogens with zero attached hydrogens (tertiary/aromatic N) is 4. The zero-order chi connectivity index (χ0) is 32.9. The standard InChI is InChI=1S/C33H27F2N5O5S/c1-18-13-27-25(33(42)40(38-37-27)17-19-5-9-21(34)10-6-19)14-23(18)24-15-26-29(16-28(24)39(3)46(4,43)44)45-31(30(26)32(41)36-2)20-7-11-22(35)12-8-20/h5-16H,17H2,1-4H3,(H,36,41). The van der Waals surface area contributed by atoms with Crippen LogP contribution in [0.5, 0.6) is 0 Å². The van der Waals surface area contributed by atoms with E-state index in [9.17, 15) is 26.8 Å². The molecule has 13 heteroatoms. The summed E-state index contributed by atoms with van der Waals surface area (Å²) in [7, 11) is -0.932. The number of carbonyl (C=O) groups is 1. The fraction of sp³-hybridized carbons (Fsp3) is 0.152. The second kappa shape index (κ2) is 11.5. The Morgan fingerprint density at radius 2 is 1.59 bits per heavy atom. The lowest BCUT2D eigenvalue weighted by Gasteiger charge is -2.21. The van der Waals surface area contributed by atoms with Crippen LogP contribution in [0.1, 0.15) is 21.5 Å². The Morgan fingerprint density at radius 1 is 0.957 bits per heavy atom. The molecule has 0 fully saturated rings. The van der Waals surface area contributed by atoms with Crippen LogP contribution in [0.15, 0.2) is 82.0 Å². The van der Waals surface area contributed by atoms with Crippen LogP contribution in [-0.2, 0) is 16.6 Å². The SMILES string of the molecule is CNC(=O)c1c(-c2ccc(F)cc2)oc2cc(N(C)S(C)(=O)=O)c(-c3cc4c(=O)n(Cc5ccc(F)cc5)nnc4cc3C)cc12. The Labute approximate surface area is 261 Å². The molecule has 2 aromatic heterocycles. The third kappa shape index (κ3) is 5.49. The summed E-state index contributed by atoms with van der Waals surface area (Å²) in [6, 6.07) is 17.6. The van der Waals surface area contributed by atoms with Crippen LogP contribution in [0.25, 0.3) is 44.3 Å². The molecule has 10 nitrogen and oxygen atoms in total. The van der Waals surface area contributed by atoms with Gasteiger partial charge in [-0.3, -0.25) is 13.9 Å². The quantitative estimate of drug-likeness (QED) is 0.251. The fourth-order valence-electron chi connectivity index (χ4n) is 5.33. The van der Waals surface area contributed by atoms with Gasteiger partial charge in [-0.2, -0.15) is 0 Å². The van der Waals surface area contributed by atoms with Crippen molar-refractivity contribution in [3.8, 4) is 22.5 Å². The summed E-state index contributed by atoms with van der Waals surface area (Å²) in [6.07, 6.45) is 1.06. The van der Waals surface area contributed by atoms with Crippen molar-refractivity contribution in [2.45, 2.75) is 13.5 Å².